The molecule has 0 amide bonds. The summed E-state index contributed by atoms with van der Waals surface area (Å²) in [6.45, 7) is 3.11. The Morgan fingerprint density at radius 1 is 1.32 bits per heavy atom. The van der Waals surface area contributed by atoms with Gasteiger partial charge in [0.15, 0.2) is 11.6 Å². The van der Waals surface area contributed by atoms with E-state index in [9.17, 15) is 17.9 Å². The van der Waals surface area contributed by atoms with Crippen molar-refractivity contribution in [1.82, 2.24) is 9.19 Å². The van der Waals surface area contributed by atoms with Crippen LogP contribution in [0.3, 0.4) is 0 Å². The molecule has 0 unspecified atom stereocenters. The van der Waals surface area contributed by atoms with Crippen molar-refractivity contribution < 1.29 is 17.9 Å². The number of hydrogen-bond acceptors (Lipinski definition) is 4. The molecule has 1 heterocycles. The topological polar surface area (TPSA) is 72.2 Å². The van der Waals surface area contributed by atoms with Crippen LogP contribution in [0.4, 0.5) is 4.39 Å². The zero-order valence-electron chi connectivity index (χ0n) is 10.4. The first-order valence-corrected chi connectivity index (χ1v) is 7.10. The monoisotopic (exact) mass is 284 g/mol. The molecule has 7 heteroatoms. The lowest BCUT2D eigenvalue weighted by atomic mass is 10.1. The van der Waals surface area contributed by atoms with Crippen LogP contribution in [-0.2, 0) is 10.0 Å². The average Bonchev–Trinajstić information content (AvgIpc) is 2.82. The molecule has 102 valence electrons. The first-order chi connectivity index (χ1) is 8.82. The molecule has 1 N–H and O–H groups in total. The van der Waals surface area contributed by atoms with Gasteiger partial charge in [-0.2, -0.15) is 9.19 Å². The van der Waals surface area contributed by atoms with Gasteiger partial charge >= 0.3 is 0 Å². The van der Waals surface area contributed by atoms with Gasteiger partial charge in [-0.3, -0.25) is 0 Å². The molecule has 2 aromatic rings. The molecule has 0 spiro atoms. The Labute approximate surface area is 110 Å². The maximum absolute atomic E-state index is 12.9. The first kappa shape index (κ1) is 13.5. The van der Waals surface area contributed by atoms with Crippen LogP contribution in [0, 0.1) is 5.82 Å². The molecular formula is C12H13FN2O3S. The second-order valence-corrected chi connectivity index (χ2v) is 6.71. The summed E-state index contributed by atoms with van der Waals surface area (Å²) in [6.07, 6.45) is 2.69. The van der Waals surface area contributed by atoms with E-state index in [1.165, 1.54) is 24.5 Å². The molecule has 0 radical (unpaired) electrons. The lowest BCUT2D eigenvalue weighted by molar-refractivity contribution is 0.433. The quantitative estimate of drug-likeness (QED) is 0.935. The fraction of sp³-hybridized carbons (Fsp3) is 0.250. The van der Waals surface area contributed by atoms with Crippen LogP contribution in [0.25, 0.3) is 11.1 Å². The lowest BCUT2D eigenvalue weighted by Gasteiger charge is -2.06. The van der Waals surface area contributed by atoms with Gasteiger partial charge in [-0.25, -0.2) is 12.8 Å². The number of halogens is 1. The molecule has 0 aliphatic rings. The second-order valence-electron chi connectivity index (χ2n) is 4.36. The number of rotatable bonds is 3. The van der Waals surface area contributed by atoms with Gasteiger partial charge in [-0.05, 0) is 31.5 Å². The molecule has 19 heavy (non-hydrogen) atoms. The minimum atomic E-state index is -3.51. The maximum atomic E-state index is 12.9. The van der Waals surface area contributed by atoms with Crippen LogP contribution in [0.15, 0.2) is 30.6 Å². The average molecular weight is 284 g/mol. The van der Waals surface area contributed by atoms with Crippen LogP contribution in [0.2, 0.25) is 0 Å². The highest BCUT2D eigenvalue weighted by atomic mass is 32.2. The molecule has 5 nitrogen and oxygen atoms in total. The molecule has 0 atom stereocenters. The predicted molar refractivity (Wildman–Crippen MR) is 68.7 cm³/mol. The van der Waals surface area contributed by atoms with Gasteiger partial charge in [-0.15, -0.1) is 0 Å². The van der Waals surface area contributed by atoms with Gasteiger partial charge in [0.25, 0.3) is 10.0 Å². The third kappa shape index (κ3) is 2.46. The van der Waals surface area contributed by atoms with Crippen LogP contribution in [-0.4, -0.2) is 28.0 Å². The first-order valence-electron chi connectivity index (χ1n) is 5.60. The number of phenolic OH excluding ortho intramolecular Hbond substituents is 1. The molecule has 0 aliphatic carbocycles. The van der Waals surface area contributed by atoms with E-state index in [0.29, 0.717) is 11.1 Å². The number of phenols is 1. The van der Waals surface area contributed by atoms with Crippen LogP contribution < -0.4 is 0 Å². The van der Waals surface area contributed by atoms with Gasteiger partial charge in [0.05, 0.1) is 17.6 Å². The summed E-state index contributed by atoms with van der Waals surface area (Å²) in [6, 6.07) is 3.77. The Kier molecular flexibility index (Phi) is 3.32. The lowest BCUT2D eigenvalue weighted by Crippen LogP contribution is -2.22. The maximum Gasteiger partial charge on any atom is 0.256 e. The highest BCUT2D eigenvalue weighted by molar-refractivity contribution is 7.90. The van der Waals surface area contributed by atoms with E-state index in [2.05, 4.69) is 5.10 Å². The minimum absolute atomic E-state index is 0.486. The summed E-state index contributed by atoms with van der Waals surface area (Å²) in [7, 11) is -3.51. The summed E-state index contributed by atoms with van der Waals surface area (Å²) < 4.78 is 37.6. The summed E-state index contributed by atoms with van der Waals surface area (Å²) in [5.74, 6) is -1.22. The Morgan fingerprint density at radius 3 is 2.58 bits per heavy atom. The number of aromatic hydroxyl groups is 1. The molecule has 0 fully saturated rings. The Morgan fingerprint density at radius 2 is 2.00 bits per heavy atom. The molecular weight excluding hydrogens is 271 g/mol. The largest absolute Gasteiger partial charge is 0.505 e. The van der Waals surface area contributed by atoms with Gasteiger partial charge in [0.2, 0.25) is 0 Å². The molecule has 1 aromatic carbocycles. The van der Waals surface area contributed by atoms with E-state index >= 15 is 0 Å². The van der Waals surface area contributed by atoms with Crippen molar-refractivity contribution in [2.45, 2.75) is 19.1 Å². The van der Waals surface area contributed by atoms with Crippen molar-refractivity contribution in [3.05, 3.63) is 36.4 Å². The standard InChI is InChI=1S/C12H13FN2O3S/c1-8(2)19(17,18)15-7-10(6-14-15)9-3-4-11(13)12(16)5-9/h3-8,16H,1-2H3. The second kappa shape index (κ2) is 4.65. The Hall–Kier alpha value is -1.89. The van der Waals surface area contributed by atoms with Crippen molar-refractivity contribution >= 4 is 10.0 Å². The SMILES string of the molecule is CC(C)S(=O)(=O)n1cc(-c2ccc(F)c(O)c2)cn1. The van der Waals surface area contributed by atoms with E-state index in [1.807, 2.05) is 0 Å². The van der Waals surface area contributed by atoms with Crippen LogP contribution >= 0.6 is 0 Å². The highest BCUT2D eigenvalue weighted by Gasteiger charge is 2.19. The highest BCUT2D eigenvalue weighted by Crippen LogP contribution is 2.25. The third-order valence-corrected chi connectivity index (χ3v) is 4.61. The van der Waals surface area contributed by atoms with E-state index in [1.54, 1.807) is 13.8 Å². The summed E-state index contributed by atoms with van der Waals surface area (Å²) in [5, 5.41) is 12.5. The summed E-state index contributed by atoms with van der Waals surface area (Å²) in [5.41, 5.74) is 0.976. The third-order valence-electron chi connectivity index (χ3n) is 2.70. The van der Waals surface area contributed by atoms with E-state index < -0.39 is 26.8 Å². The Balaban J connectivity index is 2.44. The molecule has 0 bridgehead atoms. The van der Waals surface area contributed by atoms with Crippen molar-refractivity contribution in [1.29, 1.82) is 0 Å². The molecule has 0 saturated carbocycles. The Bertz CT molecular complexity index is 708. The smallest absolute Gasteiger partial charge is 0.256 e. The van der Waals surface area contributed by atoms with Gasteiger partial charge in [-0.1, -0.05) is 6.07 Å². The van der Waals surface area contributed by atoms with E-state index in [0.717, 1.165) is 10.2 Å². The molecule has 0 aliphatic heterocycles. The number of aromatic nitrogens is 2. The normalized spacial score (nSPS) is 12.0. The summed E-state index contributed by atoms with van der Waals surface area (Å²) >= 11 is 0. The molecule has 0 saturated heterocycles. The van der Waals surface area contributed by atoms with Gasteiger partial charge in [0, 0.05) is 5.56 Å². The van der Waals surface area contributed by atoms with Crippen molar-refractivity contribution in [3.63, 3.8) is 0 Å². The van der Waals surface area contributed by atoms with Crippen molar-refractivity contribution in [2.75, 3.05) is 0 Å². The molecule has 2 rings (SSSR count). The summed E-state index contributed by atoms with van der Waals surface area (Å²) in [4.78, 5) is 0. The number of benzene rings is 1. The van der Waals surface area contributed by atoms with Crippen LogP contribution in [0.5, 0.6) is 5.75 Å². The van der Waals surface area contributed by atoms with Gasteiger partial charge in [0.1, 0.15) is 0 Å². The number of hydrogen-bond donors (Lipinski definition) is 1. The minimum Gasteiger partial charge on any atom is -0.505 e. The van der Waals surface area contributed by atoms with E-state index in [4.69, 9.17) is 0 Å². The zero-order chi connectivity index (χ0) is 14.2. The van der Waals surface area contributed by atoms with E-state index in [-0.39, 0.29) is 0 Å². The van der Waals surface area contributed by atoms with Crippen molar-refractivity contribution in [2.24, 2.45) is 0 Å². The van der Waals surface area contributed by atoms with Crippen LogP contribution in [0.1, 0.15) is 13.8 Å². The van der Waals surface area contributed by atoms with Gasteiger partial charge < -0.3 is 5.11 Å². The zero-order valence-corrected chi connectivity index (χ0v) is 11.2. The van der Waals surface area contributed by atoms with Crippen molar-refractivity contribution in [3.8, 4) is 16.9 Å². The fourth-order valence-electron chi connectivity index (χ4n) is 1.50. The molecule has 1 aromatic heterocycles. The number of nitrogens with zero attached hydrogens (tertiary/aromatic N) is 2. The fourth-order valence-corrected chi connectivity index (χ4v) is 2.37. The predicted octanol–water partition coefficient (Wildman–Crippen LogP) is 1.98.